The van der Waals surface area contributed by atoms with Crippen molar-refractivity contribution >= 4 is 33.0 Å². The van der Waals surface area contributed by atoms with Crippen LogP contribution in [0.3, 0.4) is 0 Å². The Labute approximate surface area is 114 Å². The number of nitrogens with one attached hydrogen (secondary N) is 1. The summed E-state index contributed by atoms with van der Waals surface area (Å²) in [6.45, 7) is 2.02. The van der Waals surface area contributed by atoms with Crippen molar-refractivity contribution in [3.05, 3.63) is 52.0 Å². The van der Waals surface area contributed by atoms with E-state index in [1.165, 1.54) is 0 Å². The zero-order valence-corrected chi connectivity index (χ0v) is 11.5. The molecular weight excluding hydrogens is 290 g/mol. The molecule has 18 heavy (non-hydrogen) atoms. The van der Waals surface area contributed by atoms with Crippen molar-refractivity contribution in [1.29, 1.82) is 5.26 Å². The number of nitrogens with zero attached hydrogens (tertiary/aromatic N) is 1. The molecular formula is C14H12BrN3. The molecule has 0 spiro atoms. The minimum Gasteiger partial charge on any atom is -0.399 e. The molecule has 2 rings (SSSR count). The average Bonchev–Trinajstić information content (AvgIpc) is 2.37. The Hall–Kier alpha value is -1.99. The lowest BCUT2D eigenvalue weighted by Crippen LogP contribution is -1.96. The van der Waals surface area contributed by atoms with Crippen LogP contribution in [-0.2, 0) is 0 Å². The van der Waals surface area contributed by atoms with Crippen LogP contribution < -0.4 is 11.1 Å². The number of rotatable bonds is 2. The third-order valence-corrected chi connectivity index (χ3v) is 3.68. The summed E-state index contributed by atoms with van der Waals surface area (Å²) < 4.78 is 0.991. The molecule has 0 aliphatic carbocycles. The summed E-state index contributed by atoms with van der Waals surface area (Å²) in [4.78, 5) is 0. The maximum atomic E-state index is 9.09. The van der Waals surface area contributed by atoms with Crippen LogP contribution in [0.4, 0.5) is 17.1 Å². The summed E-state index contributed by atoms with van der Waals surface area (Å²) in [5.41, 5.74) is 9.59. The molecule has 4 heteroatoms. The zero-order valence-electron chi connectivity index (χ0n) is 9.87. The Bertz CT molecular complexity index is 629. The number of nitriles is 1. The second-order valence-corrected chi connectivity index (χ2v) is 4.77. The van der Waals surface area contributed by atoms with E-state index < -0.39 is 0 Å². The second-order valence-electron chi connectivity index (χ2n) is 3.98. The van der Waals surface area contributed by atoms with Gasteiger partial charge in [-0.25, -0.2) is 0 Å². The Kier molecular flexibility index (Phi) is 3.54. The molecule has 0 heterocycles. The lowest BCUT2D eigenvalue weighted by molar-refractivity contribution is 1.40. The van der Waals surface area contributed by atoms with E-state index in [1.807, 2.05) is 31.2 Å². The molecule has 0 aromatic heterocycles. The maximum Gasteiger partial charge on any atom is 0.101 e. The number of aryl methyl sites for hydroxylation is 1. The molecule has 3 N–H and O–H groups in total. The van der Waals surface area contributed by atoms with E-state index in [2.05, 4.69) is 27.3 Å². The SMILES string of the molecule is Cc1cccc(Nc2ccc(N)cc2C#N)c1Br. The Morgan fingerprint density at radius 3 is 2.72 bits per heavy atom. The summed E-state index contributed by atoms with van der Waals surface area (Å²) in [5.74, 6) is 0. The van der Waals surface area contributed by atoms with Crippen LogP contribution in [0.5, 0.6) is 0 Å². The molecule has 0 aliphatic heterocycles. The van der Waals surface area contributed by atoms with Gasteiger partial charge in [-0.05, 0) is 52.7 Å². The van der Waals surface area contributed by atoms with Gasteiger partial charge in [0.1, 0.15) is 6.07 Å². The highest BCUT2D eigenvalue weighted by Gasteiger charge is 2.06. The van der Waals surface area contributed by atoms with E-state index in [1.54, 1.807) is 12.1 Å². The van der Waals surface area contributed by atoms with Crippen LogP contribution in [0.15, 0.2) is 40.9 Å². The topological polar surface area (TPSA) is 61.8 Å². The van der Waals surface area contributed by atoms with Crippen LogP contribution in [0.2, 0.25) is 0 Å². The quantitative estimate of drug-likeness (QED) is 0.826. The number of benzene rings is 2. The number of nitrogen functional groups attached to an aromatic ring is 1. The first-order valence-corrected chi connectivity index (χ1v) is 6.23. The normalized spacial score (nSPS) is 9.83. The molecule has 0 unspecified atom stereocenters. The molecule has 0 radical (unpaired) electrons. The molecule has 0 aliphatic rings. The van der Waals surface area contributed by atoms with Gasteiger partial charge < -0.3 is 11.1 Å². The fourth-order valence-electron chi connectivity index (χ4n) is 1.65. The molecule has 0 saturated heterocycles. The van der Waals surface area contributed by atoms with Gasteiger partial charge in [0.25, 0.3) is 0 Å². The predicted octanol–water partition coefficient (Wildman–Crippen LogP) is 3.96. The summed E-state index contributed by atoms with van der Waals surface area (Å²) in [6.07, 6.45) is 0. The highest BCUT2D eigenvalue weighted by Crippen LogP contribution is 2.30. The largest absolute Gasteiger partial charge is 0.399 e. The molecule has 90 valence electrons. The van der Waals surface area contributed by atoms with Gasteiger partial charge in [0.05, 0.1) is 16.9 Å². The molecule has 0 amide bonds. The summed E-state index contributed by atoms with van der Waals surface area (Å²) in [6, 6.07) is 13.3. The average molecular weight is 302 g/mol. The van der Waals surface area contributed by atoms with Crippen molar-refractivity contribution in [2.75, 3.05) is 11.1 Å². The van der Waals surface area contributed by atoms with Gasteiger partial charge in [0, 0.05) is 10.2 Å². The molecule has 0 fully saturated rings. The van der Waals surface area contributed by atoms with Crippen LogP contribution in [0.1, 0.15) is 11.1 Å². The van der Waals surface area contributed by atoms with Crippen molar-refractivity contribution in [1.82, 2.24) is 0 Å². The molecule has 2 aromatic carbocycles. The summed E-state index contributed by atoms with van der Waals surface area (Å²) in [5, 5.41) is 12.3. The smallest absolute Gasteiger partial charge is 0.101 e. The van der Waals surface area contributed by atoms with E-state index in [9.17, 15) is 0 Å². The minimum absolute atomic E-state index is 0.531. The first-order chi connectivity index (χ1) is 8.61. The number of halogens is 1. The summed E-state index contributed by atoms with van der Waals surface area (Å²) >= 11 is 3.53. The van der Waals surface area contributed by atoms with Crippen LogP contribution in [0, 0.1) is 18.3 Å². The number of nitrogens with two attached hydrogens (primary N) is 1. The number of hydrogen-bond acceptors (Lipinski definition) is 3. The molecule has 0 atom stereocenters. The lowest BCUT2D eigenvalue weighted by atomic mass is 10.1. The number of hydrogen-bond donors (Lipinski definition) is 2. The van der Waals surface area contributed by atoms with E-state index in [-0.39, 0.29) is 0 Å². The van der Waals surface area contributed by atoms with Gasteiger partial charge in [-0.3, -0.25) is 0 Å². The summed E-state index contributed by atoms with van der Waals surface area (Å²) in [7, 11) is 0. The van der Waals surface area contributed by atoms with Gasteiger partial charge in [0.15, 0.2) is 0 Å². The molecule has 0 saturated carbocycles. The van der Waals surface area contributed by atoms with Crippen molar-refractivity contribution < 1.29 is 0 Å². The van der Waals surface area contributed by atoms with Crippen LogP contribution in [0.25, 0.3) is 0 Å². The first kappa shape index (κ1) is 12.5. The first-order valence-electron chi connectivity index (χ1n) is 5.43. The van der Waals surface area contributed by atoms with Gasteiger partial charge in [-0.15, -0.1) is 0 Å². The molecule has 2 aromatic rings. The third-order valence-electron chi connectivity index (χ3n) is 2.63. The fourth-order valence-corrected chi connectivity index (χ4v) is 2.02. The van der Waals surface area contributed by atoms with E-state index >= 15 is 0 Å². The van der Waals surface area contributed by atoms with Crippen molar-refractivity contribution in [2.24, 2.45) is 0 Å². The van der Waals surface area contributed by atoms with E-state index in [0.29, 0.717) is 11.3 Å². The minimum atomic E-state index is 0.531. The number of anilines is 3. The van der Waals surface area contributed by atoms with Crippen LogP contribution >= 0.6 is 15.9 Å². The Morgan fingerprint density at radius 1 is 1.22 bits per heavy atom. The Morgan fingerprint density at radius 2 is 2.00 bits per heavy atom. The second kappa shape index (κ2) is 5.11. The van der Waals surface area contributed by atoms with Gasteiger partial charge in [-0.1, -0.05) is 12.1 Å². The predicted molar refractivity (Wildman–Crippen MR) is 77.7 cm³/mol. The third kappa shape index (κ3) is 2.47. The standard InChI is InChI=1S/C14H12BrN3/c1-9-3-2-4-13(14(9)15)18-12-6-5-11(17)7-10(12)8-16/h2-7,18H,17H2,1H3. The van der Waals surface area contributed by atoms with Crippen LogP contribution in [-0.4, -0.2) is 0 Å². The van der Waals surface area contributed by atoms with Gasteiger partial charge in [0.2, 0.25) is 0 Å². The van der Waals surface area contributed by atoms with Crippen molar-refractivity contribution in [2.45, 2.75) is 6.92 Å². The monoisotopic (exact) mass is 301 g/mol. The van der Waals surface area contributed by atoms with E-state index in [4.69, 9.17) is 11.0 Å². The van der Waals surface area contributed by atoms with Gasteiger partial charge in [-0.2, -0.15) is 5.26 Å². The Balaban J connectivity index is 2.41. The van der Waals surface area contributed by atoms with Crippen molar-refractivity contribution in [3.63, 3.8) is 0 Å². The molecule has 3 nitrogen and oxygen atoms in total. The lowest BCUT2D eigenvalue weighted by Gasteiger charge is -2.11. The fraction of sp³-hybridized carbons (Fsp3) is 0.0714. The van der Waals surface area contributed by atoms with E-state index in [0.717, 1.165) is 21.4 Å². The molecule has 0 bridgehead atoms. The highest BCUT2D eigenvalue weighted by atomic mass is 79.9. The van der Waals surface area contributed by atoms with Gasteiger partial charge >= 0.3 is 0 Å². The highest BCUT2D eigenvalue weighted by molar-refractivity contribution is 9.10. The van der Waals surface area contributed by atoms with Crippen molar-refractivity contribution in [3.8, 4) is 6.07 Å². The zero-order chi connectivity index (χ0) is 13.1. The maximum absolute atomic E-state index is 9.09.